The van der Waals surface area contributed by atoms with E-state index in [9.17, 15) is 4.39 Å². The molecule has 0 aliphatic heterocycles. The van der Waals surface area contributed by atoms with Crippen LogP contribution < -0.4 is 0 Å². The topological polar surface area (TPSA) is 0 Å². The van der Waals surface area contributed by atoms with Crippen LogP contribution in [0.1, 0.15) is 30.0 Å². The first-order valence-electron chi connectivity index (χ1n) is 8.36. The predicted octanol–water partition coefficient (Wildman–Crippen LogP) is 6.67. The zero-order chi connectivity index (χ0) is 16.7. The molecule has 0 saturated carbocycles. The Labute approximate surface area is 146 Å². The Hall–Kier alpha value is -2.12. The van der Waals surface area contributed by atoms with Crippen molar-refractivity contribution in [2.24, 2.45) is 0 Å². The first kappa shape index (κ1) is 15.4. The van der Waals surface area contributed by atoms with E-state index in [0.717, 1.165) is 30.4 Å². The van der Waals surface area contributed by atoms with Crippen LogP contribution in [-0.4, -0.2) is 0 Å². The fraction of sp³-hybridized carbons (Fsp3) is 0.182. The van der Waals surface area contributed by atoms with Crippen molar-refractivity contribution < 1.29 is 4.39 Å². The third-order valence-corrected chi connectivity index (χ3v) is 4.98. The van der Waals surface area contributed by atoms with E-state index in [0.29, 0.717) is 10.6 Å². The molecule has 1 aliphatic carbocycles. The van der Waals surface area contributed by atoms with Crippen molar-refractivity contribution in [1.82, 2.24) is 0 Å². The average Bonchev–Trinajstić information content (AvgIpc) is 2.92. The molecule has 4 rings (SSSR count). The first-order valence-corrected chi connectivity index (χ1v) is 8.74. The van der Waals surface area contributed by atoms with E-state index in [1.165, 1.54) is 22.3 Å². The zero-order valence-corrected chi connectivity index (χ0v) is 14.3. The lowest BCUT2D eigenvalue weighted by atomic mass is 9.98. The maximum atomic E-state index is 14.7. The highest BCUT2D eigenvalue weighted by molar-refractivity contribution is 6.30. The molecular formula is C22H18ClF. The summed E-state index contributed by atoms with van der Waals surface area (Å²) in [5.74, 6) is -0.179. The van der Waals surface area contributed by atoms with Gasteiger partial charge in [-0.15, -0.1) is 0 Å². The highest BCUT2D eigenvalue weighted by Crippen LogP contribution is 2.40. The quantitative estimate of drug-likeness (QED) is 0.392. The van der Waals surface area contributed by atoms with Crippen LogP contribution in [0, 0.1) is 5.82 Å². The molecule has 3 aromatic rings. The number of benzene rings is 3. The number of rotatable bonds is 3. The van der Waals surface area contributed by atoms with Crippen molar-refractivity contribution >= 4 is 11.6 Å². The van der Waals surface area contributed by atoms with Crippen molar-refractivity contribution in [3.8, 4) is 22.3 Å². The minimum absolute atomic E-state index is 0.179. The Bertz CT molecular complexity index is 910. The smallest absolute Gasteiger partial charge is 0.131 e. The van der Waals surface area contributed by atoms with E-state index in [1.54, 1.807) is 18.2 Å². The predicted molar refractivity (Wildman–Crippen MR) is 99.1 cm³/mol. The van der Waals surface area contributed by atoms with E-state index in [-0.39, 0.29) is 5.82 Å². The number of hydrogen-bond acceptors (Lipinski definition) is 0. The normalized spacial score (nSPS) is 12.1. The second-order valence-corrected chi connectivity index (χ2v) is 6.85. The molecule has 0 N–H and O–H groups in total. The van der Waals surface area contributed by atoms with Crippen LogP contribution in [0.25, 0.3) is 22.3 Å². The minimum atomic E-state index is -0.179. The van der Waals surface area contributed by atoms with Gasteiger partial charge in [-0.1, -0.05) is 55.3 Å². The molecule has 0 atom stereocenters. The molecule has 0 amide bonds. The molecule has 1 aliphatic rings. The van der Waals surface area contributed by atoms with Crippen molar-refractivity contribution in [3.05, 3.63) is 82.1 Å². The Morgan fingerprint density at radius 2 is 1.62 bits per heavy atom. The van der Waals surface area contributed by atoms with E-state index in [1.807, 2.05) is 18.2 Å². The maximum absolute atomic E-state index is 14.7. The van der Waals surface area contributed by atoms with E-state index >= 15 is 0 Å². The standard InChI is InChI=1S/C22H18ClF/c1-2-3-14-4-9-19-16(10-14)11-17-12-21(22(24)13-20(17)19)15-5-7-18(23)8-6-15/h4-10,12-13H,2-3,11H2,1H3. The van der Waals surface area contributed by atoms with Crippen molar-refractivity contribution in [1.29, 1.82) is 0 Å². The summed E-state index contributed by atoms with van der Waals surface area (Å²) in [6.45, 7) is 2.19. The van der Waals surface area contributed by atoms with Gasteiger partial charge >= 0.3 is 0 Å². The van der Waals surface area contributed by atoms with Crippen LogP contribution in [0.15, 0.2) is 54.6 Å². The summed E-state index contributed by atoms with van der Waals surface area (Å²) >= 11 is 5.94. The molecule has 0 spiro atoms. The van der Waals surface area contributed by atoms with Gasteiger partial charge in [0.1, 0.15) is 5.82 Å². The molecule has 0 heterocycles. The van der Waals surface area contributed by atoms with Gasteiger partial charge in [0.25, 0.3) is 0 Å². The van der Waals surface area contributed by atoms with Gasteiger partial charge in [-0.25, -0.2) is 4.39 Å². The number of fused-ring (bicyclic) bond motifs is 3. The number of halogens is 2. The Morgan fingerprint density at radius 1 is 0.875 bits per heavy atom. The van der Waals surface area contributed by atoms with Crippen LogP contribution in [0.2, 0.25) is 5.02 Å². The molecule has 0 aromatic heterocycles. The summed E-state index contributed by atoms with van der Waals surface area (Å²) in [5, 5.41) is 0.663. The second kappa shape index (κ2) is 6.07. The molecule has 120 valence electrons. The summed E-state index contributed by atoms with van der Waals surface area (Å²) in [4.78, 5) is 0. The summed E-state index contributed by atoms with van der Waals surface area (Å²) in [6.07, 6.45) is 3.11. The highest BCUT2D eigenvalue weighted by atomic mass is 35.5. The summed E-state index contributed by atoms with van der Waals surface area (Å²) in [7, 11) is 0. The lowest BCUT2D eigenvalue weighted by Gasteiger charge is -2.08. The van der Waals surface area contributed by atoms with Gasteiger partial charge in [0.15, 0.2) is 0 Å². The monoisotopic (exact) mass is 336 g/mol. The fourth-order valence-electron chi connectivity index (χ4n) is 3.57. The molecule has 0 radical (unpaired) electrons. The number of aryl methyl sites for hydroxylation is 1. The Morgan fingerprint density at radius 3 is 2.38 bits per heavy atom. The third kappa shape index (κ3) is 2.63. The molecule has 0 unspecified atom stereocenters. The van der Waals surface area contributed by atoms with Gasteiger partial charge in [-0.2, -0.15) is 0 Å². The second-order valence-electron chi connectivity index (χ2n) is 6.41. The maximum Gasteiger partial charge on any atom is 0.131 e. The van der Waals surface area contributed by atoms with Gasteiger partial charge in [0.05, 0.1) is 0 Å². The largest absolute Gasteiger partial charge is 0.206 e. The van der Waals surface area contributed by atoms with Crippen LogP contribution in [0.5, 0.6) is 0 Å². The summed E-state index contributed by atoms with van der Waals surface area (Å²) in [5.41, 5.74) is 7.58. The SMILES string of the molecule is CCCc1ccc2c(c1)Cc1cc(-c3ccc(Cl)cc3)c(F)cc1-2. The van der Waals surface area contributed by atoms with E-state index in [2.05, 4.69) is 25.1 Å². The molecule has 0 bridgehead atoms. The molecule has 2 heteroatoms. The third-order valence-electron chi connectivity index (χ3n) is 4.73. The lowest BCUT2D eigenvalue weighted by molar-refractivity contribution is 0.631. The van der Waals surface area contributed by atoms with Crippen LogP contribution in [0.3, 0.4) is 0 Å². The molecule has 24 heavy (non-hydrogen) atoms. The highest BCUT2D eigenvalue weighted by Gasteiger charge is 2.21. The molecule has 0 nitrogen and oxygen atoms in total. The van der Waals surface area contributed by atoms with E-state index in [4.69, 9.17) is 11.6 Å². The Balaban J connectivity index is 1.77. The number of hydrogen-bond donors (Lipinski definition) is 0. The van der Waals surface area contributed by atoms with Crippen molar-refractivity contribution in [2.75, 3.05) is 0 Å². The molecule has 3 aromatic carbocycles. The van der Waals surface area contributed by atoms with Gasteiger partial charge in [-0.05, 0) is 70.5 Å². The van der Waals surface area contributed by atoms with Crippen LogP contribution in [-0.2, 0) is 12.8 Å². The zero-order valence-electron chi connectivity index (χ0n) is 13.6. The van der Waals surface area contributed by atoms with Crippen molar-refractivity contribution in [2.45, 2.75) is 26.2 Å². The van der Waals surface area contributed by atoms with Gasteiger partial charge in [0, 0.05) is 10.6 Å². The molecular weight excluding hydrogens is 319 g/mol. The molecule has 0 saturated heterocycles. The molecule has 0 fully saturated rings. The van der Waals surface area contributed by atoms with Crippen LogP contribution >= 0.6 is 11.6 Å². The minimum Gasteiger partial charge on any atom is -0.206 e. The Kier molecular flexibility index (Phi) is 3.90. The van der Waals surface area contributed by atoms with Crippen LogP contribution in [0.4, 0.5) is 4.39 Å². The van der Waals surface area contributed by atoms with Gasteiger partial charge < -0.3 is 0 Å². The lowest BCUT2D eigenvalue weighted by Crippen LogP contribution is -1.89. The summed E-state index contributed by atoms with van der Waals surface area (Å²) in [6, 6.07) is 17.6. The van der Waals surface area contributed by atoms with Gasteiger partial charge in [-0.3, -0.25) is 0 Å². The summed E-state index contributed by atoms with van der Waals surface area (Å²) < 4.78 is 14.7. The first-order chi connectivity index (χ1) is 11.7. The van der Waals surface area contributed by atoms with Crippen molar-refractivity contribution in [3.63, 3.8) is 0 Å². The average molecular weight is 337 g/mol. The fourth-order valence-corrected chi connectivity index (χ4v) is 3.70. The van der Waals surface area contributed by atoms with E-state index < -0.39 is 0 Å². The van der Waals surface area contributed by atoms with Gasteiger partial charge in [0.2, 0.25) is 0 Å².